The van der Waals surface area contributed by atoms with Crippen molar-refractivity contribution in [1.29, 1.82) is 0 Å². The first kappa shape index (κ1) is 14.2. The Morgan fingerprint density at radius 2 is 1.83 bits per heavy atom. The van der Waals surface area contributed by atoms with Crippen LogP contribution in [0.4, 0.5) is 0 Å². The second kappa shape index (κ2) is 5.64. The Hall–Kier alpha value is -1.88. The number of benzene rings is 1. The molecule has 18 heavy (non-hydrogen) atoms. The third-order valence-corrected chi connectivity index (χ3v) is 2.71. The summed E-state index contributed by atoms with van der Waals surface area (Å²) in [6.07, 6.45) is 0. The van der Waals surface area contributed by atoms with Gasteiger partial charge in [-0.25, -0.2) is 4.79 Å². The molecule has 0 aromatic heterocycles. The molecule has 0 radical (unpaired) electrons. The zero-order valence-corrected chi connectivity index (χ0v) is 10.7. The van der Waals surface area contributed by atoms with Gasteiger partial charge in [0.1, 0.15) is 5.60 Å². The summed E-state index contributed by atoms with van der Waals surface area (Å²) < 4.78 is 5.05. The highest BCUT2D eigenvalue weighted by molar-refractivity contribution is 5.87. The molecule has 5 heteroatoms. The van der Waals surface area contributed by atoms with Crippen LogP contribution in [-0.2, 0) is 16.1 Å². The van der Waals surface area contributed by atoms with Gasteiger partial charge in [0, 0.05) is 13.7 Å². The van der Waals surface area contributed by atoms with Crippen molar-refractivity contribution in [3.8, 4) is 0 Å². The lowest BCUT2D eigenvalue weighted by Gasteiger charge is -2.21. The highest BCUT2D eigenvalue weighted by atomic mass is 16.5. The number of rotatable bonds is 5. The minimum absolute atomic E-state index is 0.215. The maximum atomic E-state index is 11.7. The maximum Gasteiger partial charge on any atom is 0.335 e. The number of hydrogen-bond acceptors (Lipinski definition) is 3. The van der Waals surface area contributed by atoms with Gasteiger partial charge in [0.25, 0.3) is 5.91 Å². The topological polar surface area (TPSA) is 75.6 Å². The minimum atomic E-state index is -0.967. The molecular weight excluding hydrogens is 234 g/mol. The molecule has 2 N–H and O–H groups in total. The molecule has 1 aromatic carbocycles. The molecule has 0 spiro atoms. The Balaban J connectivity index is 2.59. The third kappa shape index (κ3) is 3.56. The summed E-state index contributed by atoms with van der Waals surface area (Å²) in [5.74, 6) is -1.18. The van der Waals surface area contributed by atoms with Crippen LogP contribution in [0, 0.1) is 0 Å². The second-order valence-electron chi connectivity index (χ2n) is 4.40. The quantitative estimate of drug-likeness (QED) is 0.830. The predicted molar refractivity (Wildman–Crippen MR) is 66.3 cm³/mol. The lowest BCUT2D eigenvalue weighted by atomic mass is 10.1. The summed E-state index contributed by atoms with van der Waals surface area (Å²) in [7, 11) is 1.47. The Kier molecular flexibility index (Phi) is 4.44. The van der Waals surface area contributed by atoms with Crippen LogP contribution in [0.15, 0.2) is 24.3 Å². The van der Waals surface area contributed by atoms with Crippen LogP contribution >= 0.6 is 0 Å². The number of amides is 1. The lowest BCUT2D eigenvalue weighted by Crippen LogP contribution is -2.43. The average Bonchev–Trinajstić information content (AvgIpc) is 2.36. The van der Waals surface area contributed by atoms with Gasteiger partial charge in [0.05, 0.1) is 5.56 Å². The first-order valence-corrected chi connectivity index (χ1v) is 5.52. The van der Waals surface area contributed by atoms with Gasteiger partial charge in [-0.3, -0.25) is 4.79 Å². The average molecular weight is 251 g/mol. The fourth-order valence-electron chi connectivity index (χ4n) is 1.25. The number of nitrogens with one attached hydrogen (secondary N) is 1. The minimum Gasteiger partial charge on any atom is -0.478 e. The number of carboxylic acid groups (broad SMARTS) is 1. The van der Waals surface area contributed by atoms with Gasteiger partial charge in [-0.1, -0.05) is 12.1 Å². The van der Waals surface area contributed by atoms with Crippen molar-refractivity contribution in [2.75, 3.05) is 7.11 Å². The highest BCUT2D eigenvalue weighted by Crippen LogP contribution is 2.08. The molecule has 0 saturated carbocycles. The van der Waals surface area contributed by atoms with Crippen LogP contribution in [0.1, 0.15) is 29.8 Å². The Morgan fingerprint density at radius 1 is 1.28 bits per heavy atom. The van der Waals surface area contributed by atoms with E-state index < -0.39 is 11.6 Å². The Labute approximate surface area is 106 Å². The molecule has 0 heterocycles. The van der Waals surface area contributed by atoms with Gasteiger partial charge < -0.3 is 15.2 Å². The van der Waals surface area contributed by atoms with E-state index in [2.05, 4.69) is 5.32 Å². The van der Waals surface area contributed by atoms with Crippen LogP contribution in [0.5, 0.6) is 0 Å². The van der Waals surface area contributed by atoms with E-state index in [1.54, 1.807) is 26.0 Å². The molecule has 5 nitrogen and oxygen atoms in total. The van der Waals surface area contributed by atoms with Crippen LogP contribution in [-0.4, -0.2) is 29.7 Å². The van der Waals surface area contributed by atoms with E-state index in [-0.39, 0.29) is 11.5 Å². The standard InChI is InChI=1S/C13H17NO4/c1-13(2,18-3)12(17)14-8-9-4-6-10(7-5-9)11(15)16/h4-7H,8H2,1-3H3,(H,14,17)(H,15,16). The Bertz CT molecular complexity index is 437. The second-order valence-corrected chi connectivity index (χ2v) is 4.40. The molecule has 1 amide bonds. The molecule has 98 valence electrons. The molecule has 0 fully saturated rings. The van der Waals surface area contributed by atoms with E-state index in [4.69, 9.17) is 9.84 Å². The zero-order valence-electron chi connectivity index (χ0n) is 10.7. The number of hydrogen-bond donors (Lipinski definition) is 2. The van der Waals surface area contributed by atoms with Crippen LogP contribution in [0.25, 0.3) is 0 Å². The van der Waals surface area contributed by atoms with Crippen molar-refractivity contribution < 1.29 is 19.4 Å². The first-order chi connectivity index (χ1) is 8.36. The van der Waals surface area contributed by atoms with Crippen molar-refractivity contribution in [3.05, 3.63) is 35.4 Å². The summed E-state index contributed by atoms with van der Waals surface area (Å²) in [6.45, 7) is 3.69. The summed E-state index contributed by atoms with van der Waals surface area (Å²) in [6, 6.07) is 6.35. The molecule has 0 unspecified atom stereocenters. The number of aromatic carboxylic acids is 1. The van der Waals surface area contributed by atoms with E-state index >= 15 is 0 Å². The van der Waals surface area contributed by atoms with Crippen LogP contribution in [0.3, 0.4) is 0 Å². The third-order valence-electron chi connectivity index (χ3n) is 2.71. The number of carbonyl (C=O) groups excluding carboxylic acids is 1. The van der Waals surface area contributed by atoms with Crippen molar-refractivity contribution in [1.82, 2.24) is 5.32 Å². The summed E-state index contributed by atoms with van der Waals surface area (Å²) in [4.78, 5) is 22.4. The normalized spacial score (nSPS) is 11.1. The monoisotopic (exact) mass is 251 g/mol. The summed E-state index contributed by atoms with van der Waals surface area (Å²) in [5.41, 5.74) is 0.184. The smallest absolute Gasteiger partial charge is 0.335 e. The number of carboxylic acids is 1. The SMILES string of the molecule is COC(C)(C)C(=O)NCc1ccc(C(=O)O)cc1. The van der Waals surface area contributed by atoms with Gasteiger partial charge >= 0.3 is 5.97 Å². The number of ether oxygens (including phenoxy) is 1. The zero-order chi connectivity index (χ0) is 13.8. The molecule has 1 aromatic rings. The fourth-order valence-corrected chi connectivity index (χ4v) is 1.25. The van der Waals surface area contributed by atoms with Gasteiger partial charge in [-0.05, 0) is 31.5 Å². The largest absolute Gasteiger partial charge is 0.478 e. The maximum absolute atomic E-state index is 11.7. The highest BCUT2D eigenvalue weighted by Gasteiger charge is 2.26. The molecule has 1 rings (SSSR count). The molecular formula is C13H17NO4. The number of methoxy groups -OCH3 is 1. The van der Waals surface area contributed by atoms with Crippen molar-refractivity contribution >= 4 is 11.9 Å². The Morgan fingerprint density at radius 3 is 2.28 bits per heavy atom. The van der Waals surface area contributed by atoms with E-state index in [0.717, 1.165) is 5.56 Å². The van der Waals surface area contributed by atoms with E-state index in [1.807, 2.05) is 0 Å². The summed E-state index contributed by atoms with van der Waals surface area (Å²) >= 11 is 0. The van der Waals surface area contributed by atoms with Gasteiger partial charge in [0.2, 0.25) is 0 Å². The summed E-state index contributed by atoms with van der Waals surface area (Å²) in [5, 5.41) is 11.5. The van der Waals surface area contributed by atoms with E-state index in [0.29, 0.717) is 6.54 Å². The lowest BCUT2D eigenvalue weighted by molar-refractivity contribution is -0.139. The molecule has 0 atom stereocenters. The molecule has 0 saturated heterocycles. The van der Waals surface area contributed by atoms with Crippen molar-refractivity contribution in [3.63, 3.8) is 0 Å². The predicted octanol–water partition coefficient (Wildman–Crippen LogP) is 1.43. The van der Waals surface area contributed by atoms with E-state index in [9.17, 15) is 9.59 Å². The molecule has 0 bridgehead atoms. The van der Waals surface area contributed by atoms with Gasteiger partial charge in [-0.2, -0.15) is 0 Å². The molecule has 0 aliphatic carbocycles. The van der Waals surface area contributed by atoms with Gasteiger partial charge in [-0.15, -0.1) is 0 Å². The molecule has 0 aliphatic heterocycles. The van der Waals surface area contributed by atoms with Crippen molar-refractivity contribution in [2.24, 2.45) is 0 Å². The van der Waals surface area contributed by atoms with Gasteiger partial charge in [0.15, 0.2) is 0 Å². The first-order valence-electron chi connectivity index (χ1n) is 5.52. The van der Waals surface area contributed by atoms with Crippen LogP contribution < -0.4 is 5.32 Å². The van der Waals surface area contributed by atoms with Crippen molar-refractivity contribution in [2.45, 2.75) is 26.0 Å². The van der Waals surface area contributed by atoms with E-state index in [1.165, 1.54) is 19.2 Å². The fraction of sp³-hybridized carbons (Fsp3) is 0.385. The van der Waals surface area contributed by atoms with Crippen LogP contribution in [0.2, 0.25) is 0 Å². The number of carbonyl (C=O) groups is 2. The molecule has 0 aliphatic rings.